The Morgan fingerprint density at radius 3 is 2.54 bits per heavy atom. The van der Waals surface area contributed by atoms with Gasteiger partial charge < -0.3 is 14.6 Å². The molecule has 1 fully saturated rings. The van der Waals surface area contributed by atoms with Gasteiger partial charge in [-0.3, -0.25) is 14.5 Å². The topological polar surface area (TPSA) is 102 Å². The van der Waals surface area contributed by atoms with E-state index < -0.39 is 17.7 Å². The summed E-state index contributed by atoms with van der Waals surface area (Å²) in [6.07, 6.45) is 1.62. The summed E-state index contributed by atoms with van der Waals surface area (Å²) in [5.74, 6) is -0.107. The molecule has 3 aromatic carbocycles. The number of ether oxygens (including phenoxy) is 2. The summed E-state index contributed by atoms with van der Waals surface area (Å²) < 4.78 is 11.6. The first-order chi connectivity index (χ1) is 19.9. The van der Waals surface area contributed by atoms with Gasteiger partial charge in [-0.1, -0.05) is 77.7 Å². The van der Waals surface area contributed by atoms with Crippen molar-refractivity contribution in [1.29, 1.82) is 0 Å². The lowest BCUT2D eigenvalue weighted by molar-refractivity contribution is -0.132. The molecule has 2 heterocycles. The van der Waals surface area contributed by atoms with Crippen molar-refractivity contribution in [2.45, 2.75) is 23.1 Å². The van der Waals surface area contributed by atoms with Gasteiger partial charge in [-0.2, -0.15) is 0 Å². The lowest BCUT2D eigenvalue weighted by Crippen LogP contribution is -2.29. The quantitative estimate of drug-likeness (QED) is 0.0575. The van der Waals surface area contributed by atoms with Gasteiger partial charge in [0.2, 0.25) is 5.13 Å². The molecule has 208 valence electrons. The Morgan fingerprint density at radius 1 is 1.07 bits per heavy atom. The zero-order chi connectivity index (χ0) is 28.9. The zero-order valence-corrected chi connectivity index (χ0v) is 24.1. The molecule has 5 rings (SSSR count). The Kier molecular flexibility index (Phi) is 8.51. The SMILES string of the molecule is C=CCOc1cccc(C2/C(=C(\O)c3ccc(OC)cc3)C(=O)C(=O)N2c2nnc(SCc3ccc(C)cc3)s2)c1. The third-order valence-electron chi connectivity index (χ3n) is 6.43. The van der Waals surface area contributed by atoms with Crippen LogP contribution >= 0.6 is 23.1 Å². The first kappa shape index (κ1) is 28.1. The summed E-state index contributed by atoms with van der Waals surface area (Å²) in [6, 6.07) is 20.9. The van der Waals surface area contributed by atoms with Crippen molar-refractivity contribution in [2.24, 2.45) is 0 Å². The number of aromatic nitrogens is 2. The zero-order valence-electron chi connectivity index (χ0n) is 22.4. The third-order valence-corrected chi connectivity index (χ3v) is 8.56. The van der Waals surface area contributed by atoms with Gasteiger partial charge in [0.25, 0.3) is 5.78 Å². The van der Waals surface area contributed by atoms with Crippen molar-refractivity contribution in [3.63, 3.8) is 0 Å². The summed E-state index contributed by atoms with van der Waals surface area (Å²) >= 11 is 2.71. The van der Waals surface area contributed by atoms with E-state index in [-0.39, 0.29) is 23.1 Å². The third kappa shape index (κ3) is 6.03. The van der Waals surface area contributed by atoms with Crippen molar-refractivity contribution in [3.05, 3.63) is 113 Å². The van der Waals surface area contributed by atoms with E-state index in [9.17, 15) is 14.7 Å². The minimum Gasteiger partial charge on any atom is -0.507 e. The van der Waals surface area contributed by atoms with Crippen molar-refractivity contribution < 1.29 is 24.2 Å². The second-order valence-electron chi connectivity index (χ2n) is 9.19. The minimum atomic E-state index is -0.952. The smallest absolute Gasteiger partial charge is 0.301 e. The Labute approximate surface area is 246 Å². The number of aliphatic hydroxyl groups excluding tert-OH is 1. The first-order valence-electron chi connectivity index (χ1n) is 12.7. The largest absolute Gasteiger partial charge is 0.507 e. The number of amides is 1. The number of ketones is 1. The maximum Gasteiger partial charge on any atom is 0.301 e. The minimum absolute atomic E-state index is 0.0508. The summed E-state index contributed by atoms with van der Waals surface area (Å²) in [5, 5.41) is 20.2. The highest BCUT2D eigenvalue weighted by molar-refractivity contribution is 8.00. The number of Topliss-reactive ketones (excluding diaryl/α,β-unsaturated/α-hetero) is 1. The van der Waals surface area contributed by atoms with Crippen molar-refractivity contribution in [1.82, 2.24) is 10.2 Å². The van der Waals surface area contributed by atoms with Gasteiger partial charge in [0.1, 0.15) is 23.9 Å². The Bertz CT molecular complexity index is 1610. The van der Waals surface area contributed by atoms with Crippen LogP contribution < -0.4 is 14.4 Å². The van der Waals surface area contributed by atoms with Crippen LogP contribution in [-0.4, -0.2) is 40.7 Å². The fraction of sp³-hybridized carbons (Fsp3) is 0.161. The standard InChI is InChI=1S/C31H27N3O5S2/c1-4-16-39-24-7-5-6-22(17-24)26-25(27(35)21-12-14-23(38-3)15-13-21)28(36)29(37)34(26)30-32-33-31(41-30)40-18-20-10-8-19(2)9-11-20/h4-15,17,26,35H,1,16,18H2,2-3H3/b27-25+. The molecule has 8 nitrogen and oxygen atoms in total. The van der Waals surface area contributed by atoms with Crippen LogP contribution in [0.1, 0.15) is 28.3 Å². The Hall–Kier alpha value is -4.41. The van der Waals surface area contributed by atoms with E-state index in [1.165, 1.54) is 40.7 Å². The normalized spacial score (nSPS) is 16.1. The highest BCUT2D eigenvalue weighted by Gasteiger charge is 2.48. The predicted octanol–water partition coefficient (Wildman–Crippen LogP) is 6.34. The molecule has 1 aliphatic rings. The molecule has 0 radical (unpaired) electrons. The van der Waals surface area contributed by atoms with Crippen LogP contribution in [0.3, 0.4) is 0 Å². The monoisotopic (exact) mass is 585 g/mol. The molecule has 1 unspecified atom stereocenters. The molecule has 1 amide bonds. The second-order valence-corrected chi connectivity index (χ2v) is 11.4. The number of nitrogens with zero attached hydrogens (tertiary/aromatic N) is 3. The molecule has 1 N–H and O–H groups in total. The van der Waals surface area contributed by atoms with E-state index in [1.54, 1.807) is 54.6 Å². The van der Waals surface area contributed by atoms with E-state index in [0.29, 0.717) is 32.7 Å². The van der Waals surface area contributed by atoms with Gasteiger partial charge in [-0.15, -0.1) is 10.2 Å². The predicted molar refractivity (Wildman–Crippen MR) is 161 cm³/mol. The molecule has 4 aromatic rings. The van der Waals surface area contributed by atoms with Gasteiger partial charge in [-0.05, 0) is 54.4 Å². The number of rotatable bonds is 10. The number of benzene rings is 3. The van der Waals surface area contributed by atoms with Crippen LogP contribution in [0, 0.1) is 6.92 Å². The van der Waals surface area contributed by atoms with Crippen molar-refractivity contribution in [3.8, 4) is 11.5 Å². The van der Waals surface area contributed by atoms with Gasteiger partial charge in [0.05, 0.1) is 18.7 Å². The maximum atomic E-state index is 13.5. The van der Waals surface area contributed by atoms with Gasteiger partial charge in [0, 0.05) is 11.3 Å². The number of aryl methyl sites for hydroxylation is 1. The fourth-order valence-corrected chi connectivity index (χ4v) is 6.19. The van der Waals surface area contributed by atoms with E-state index >= 15 is 0 Å². The fourth-order valence-electron chi connectivity index (χ4n) is 4.37. The molecule has 41 heavy (non-hydrogen) atoms. The lowest BCUT2D eigenvalue weighted by Gasteiger charge is -2.23. The molecular formula is C31H27N3O5S2. The van der Waals surface area contributed by atoms with Crippen LogP contribution in [0.5, 0.6) is 11.5 Å². The van der Waals surface area contributed by atoms with Crippen LogP contribution in [0.2, 0.25) is 0 Å². The van der Waals surface area contributed by atoms with Crippen molar-refractivity contribution >= 4 is 45.7 Å². The van der Waals surface area contributed by atoms with Gasteiger partial charge >= 0.3 is 5.91 Å². The van der Waals surface area contributed by atoms with Crippen LogP contribution in [0.4, 0.5) is 5.13 Å². The number of hydrogen-bond donors (Lipinski definition) is 1. The molecule has 1 saturated heterocycles. The van der Waals surface area contributed by atoms with Crippen LogP contribution in [-0.2, 0) is 15.3 Å². The Balaban J connectivity index is 1.54. The van der Waals surface area contributed by atoms with E-state index in [0.717, 1.165) is 5.56 Å². The van der Waals surface area contributed by atoms with E-state index in [2.05, 4.69) is 41.0 Å². The highest BCUT2D eigenvalue weighted by atomic mass is 32.2. The number of carbonyl (C=O) groups excluding carboxylic acids is 2. The van der Waals surface area contributed by atoms with Crippen molar-refractivity contribution in [2.75, 3.05) is 18.6 Å². The van der Waals surface area contributed by atoms with Crippen LogP contribution in [0.15, 0.2) is 95.4 Å². The molecule has 1 atom stereocenters. The van der Waals surface area contributed by atoms with Gasteiger partial charge in [-0.25, -0.2) is 0 Å². The average molecular weight is 586 g/mol. The maximum absolute atomic E-state index is 13.5. The highest BCUT2D eigenvalue weighted by Crippen LogP contribution is 2.44. The summed E-state index contributed by atoms with van der Waals surface area (Å²) in [6.45, 7) is 6.00. The molecule has 0 saturated carbocycles. The second kappa shape index (κ2) is 12.4. The molecule has 1 aromatic heterocycles. The Morgan fingerprint density at radius 2 is 1.83 bits per heavy atom. The van der Waals surface area contributed by atoms with Gasteiger partial charge in [0.15, 0.2) is 4.34 Å². The van der Waals surface area contributed by atoms with E-state index in [4.69, 9.17) is 9.47 Å². The average Bonchev–Trinajstić information content (AvgIpc) is 3.57. The molecule has 1 aliphatic heterocycles. The van der Waals surface area contributed by atoms with E-state index in [1.807, 2.05) is 6.92 Å². The number of aliphatic hydroxyl groups is 1. The molecule has 0 bridgehead atoms. The van der Waals surface area contributed by atoms with Crippen LogP contribution in [0.25, 0.3) is 5.76 Å². The molecule has 0 aliphatic carbocycles. The molecule has 0 spiro atoms. The summed E-state index contributed by atoms with van der Waals surface area (Å²) in [4.78, 5) is 28.3. The summed E-state index contributed by atoms with van der Waals surface area (Å²) in [7, 11) is 1.54. The number of methoxy groups -OCH3 is 1. The number of carbonyl (C=O) groups is 2. The summed E-state index contributed by atoms with van der Waals surface area (Å²) in [5.41, 5.74) is 3.21. The number of hydrogen-bond acceptors (Lipinski definition) is 9. The molecular weight excluding hydrogens is 558 g/mol. The molecule has 10 heteroatoms. The number of anilines is 1. The lowest BCUT2D eigenvalue weighted by atomic mass is 9.95. The first-order valence-corrected chi connectivity index (χ1v) is 14.5. The number of thioether (sulfide) groups is 1.